The lowest BCUT2D eigenvalue weighted by atomic mass is 9.84. The van der Waals surface area contributed by atoms with E-state index in [0.29, 0.717) is 30.4 Å². The average molecular weight is 684 g/mol. The molecule has 0 spiro atoms. The summed E-state index contributed by atoms with van der Waals surface area (Å²) >= 11 is 0.954. The number of nitrogens with zero attached hydrogens (tertiary/aromatic N) is 5. The van der Waals surface area contributed by atoms with E-state index in [1.54, 1.807) is 18.2 Å². The van der Waals surface area contributed by atoms with E-state index in [-0.39, 0.29) is 10.8 Å². The van der Waals surface area contributed by atoms with Gasteiger partial charge in [0.1, 0.15) is 29.6 Å². The van der Waals surface area contributed by atoms with Crippen molar-refractivity contribution in [2.75, 3.05) is 25.4 Å². The first-order valence-electron chi connectivity index (χ1n) is 13.5. The lowest BCUT2D eigenvalue weighted by Crippen LogP contribution is -2.76. The zero-order valence-corrected chi connectivity index (χ0v) is 26.2. The Bertz CT molecular complexity index is 1830. The number of carboxylic acid groups (broad SMARTS) is 1. The van der Waals surface area contributed by atoms with Crippen LogP contribution in [0.25, 0.3) is 10.9 Å². The van der Waals surface area contributed by atoms with Crippen LogP contribution in [-0.2, 0) is 47.5 Å². The summed E-state index contributed by atoms with van der Waals surface area (Å²) in [6.45, 7) is 3.53. The molecule has 2 fully saturated rings. The molecular weight excluding hydrogens is 652 g/mol. The number of oxime groups is 1. The lowest BCUT2D eigenvalue weighted by Gasteiger charge is -2.50. The monoisotopic (exact) mass is 683 g/mol. The van der Waals surface area contributed by atoms with Crippen molar-refractivity contribution < 1.29 is 56.1 Å². The van der Waals surface area contributed by atoms with E-state index in [9.17, 15) is 33.0 Å². The number of β-amino-alcohol motifs (C(OH)–C–C–N with tert-alkyl or cyclic N) is 1. The number of aromatic nitrogens is 3. The summed E-state index contributed by atoms with van der Waals surface area (Å²) in [6.07, 6.45) is 0.136. The number of amides is 2. The Balaban J connectivity index is 1.29. The van der Waals surface area contributed by atoms with Crippen molar-refractivity contribution in [3.8, 4) is 5.75 Å². The molecule has 3 aromatic rings. The van der Waals surface area contributed by atoms with Gasteiger partial charge in [-0.25, -0.2) is 9.78 Å². The van der Waals surface area contributed by atoms with E-state index in [2.05, 4.69) is 25.1 Å². The Morgan fingerprint density at radius 1 is 1.35 bits per heavy atom. The van der Waals surface area contributed by atoms with Gasteiger partial charge in [-0.05, 0) is 32.0 Å². The molecule has 46 heavy (non-hydrogen) atoms. The van der Waals surface area contributed by atoms with Gasteiger partial charge in [-0.15, -0.1) is 20.3 Å². The zero-order chi connectivity index (χ0) is 33.6. The predicted molar refractivity (Wildman–Crippen MR) is 157 cm³/mol. The van der Waals surface area contributed by atoms with Gasteiger partial charge < -0.3 is 36.2 Å². The second-order valence-corrected chi connectivity index (χ2v) is 13.1. The van der Waals surface area contributed by atoms with Gasteiger partial charge in [0.2, 0.25) is 12.7 Å². The molecule has 19 nitrogen and oxygen atoms in total. The van der Waals surface area contributed by atoms with Crippen molar-refractivity contribution in [3.63, 3.8) is 0 Å². The summed E-state index contributed by atoms with van der Waals surface area (Å²) in [6, 6.07) is 3.78. The number of rotatable bonds is 13. The number of hydrogen-bond donors (Lipinski definition) is 6. The quantitative estimate of drug-likeness (QED) is 0.0372. The van der Waals surface area contributed by atoms with Crippen LogP contribution in [0.15, 0.2) is 34.9 Å². The SMILES string of the molecule is Cn1c2ccc(OC[C@H](O/N=C(\C(=O)NC3C(=O)N(OS(=O)(=O)O)C3(C)C)c3csc(N)n3)C(=O)O)cc2c[n+]1CC1(O)CNC1. The molecule has 7 N–H and O–H groups in total. The van der Waals surface area contributed by atoms with Crippen LogP contribution in [0.4, 0.5) is 5.13 Å². The largest absolute Gasteiger partial charge is 0.489 e. The number of carbonyl (C=O) groups is 3. The molecule has 0 aliphatic carbocycles. The molecule has 2 aliphatic rings. The number of nitrogens with two attached hydrogens (primary N) is 1. The van der Waals surface area contributed by atoms with Crippen molar-refractivity contribution in [1.29, 1.82) is 0 Å². The Labute approximate surface area is 265 Å². The van der Waals surface area contributed by atoms with Gasteiger partial charge in [-0.2, -0.15) is 18.2 Å². The van der Waals surface area contributed by atoms with Gasteiger partial charge in [-0.1, -0.05) is 5.16 Å². The van der Waals surface area contributed by atoms with E-state index >= 15 is 0 Å². The predicted octanol–water partition coefficient (Wildman–Crippen LogP) is -2.07. The number of carboxylic acids is 1. The number of ether oxygens (including phenoxy) is 1. The van der Waals surface area contributed by atoms with E-state index < -0.39 is 63.8 Å². The Kier molecular flexibility index (Phi) is 8.65. The zero-order valence-electron chi connectivity index (χ0n) is 24.6. The van der Waals surface area contributed by atoms with E-state index in [1.807, 2.05) is 22.6 Å². The minimum Gasteiger partial charge on any atom is -0.489 e. The van der Waals surface area contributed by atoms with Crippen LogP contribution in [0.1, 0.15) is 19.5 Å². The maximum absolute atomic E-state index is 13.2. The first-order chi connectivity index (χ1) is 21.5. The van der Waals surface area contributed by atoms with E-state index in [0.717, 1.165) is 22.2 Å². The normalized spacial score (nSPS) is 19.7. The summed E-state index contributed by atoms with van der Waals surface area (Å²) in [4.78, 5) is 46.9. The highest BCUT2D eigenvalue weighted by Gasteiger charge is 2.58. The number of carbonyl (C=O) groups excluding carboxylic acids is 2. The molecule has 1 unspecified atom stereocenters. The summed E-state index contributed by atoms with van der Waals surface area (Å²) < 4.78 is 44.8. The lowest BCUT2D eigenvalue weighted by molar-refractivity contribution is -0.782. The second kappa shape index (κ2) is 12.1. The van der Waals surface area contributed by atoms with Gasteiger partial charge >= 0.3 is 16.4 Å². The molecule has 2 atom stereocenters. The number of benzene rings is 1. The van der Waals surface area contributed by atoms with Crippen LogP contribution in [0, 0.1) is 0 Å². The third-order valence-corrected chi connectivity index (χ3v) is 8.45. The summed E-state index contributed by atoms with van der Waals surface area (Å²) in [7, 11) is -3.17. The molecule has 2 saturated heterocycles. The van der Waals surface area contributed by atoms with Gasteiger partial charge in [0.25, 0.3) is 17.9 Å². The summed E-state index contributed by atoms with van der Waals surface area (Å²) in [5, 5.41) is 32.0. The van der Waals surface area contributed by atoms with Crippen molar-refractivity contribution in [2.24, 2.45) is 12.2 Å². The molecule has 1 aromatic carbocycles. The maximum atomic E-state index is 13.2. The topological polar surface area (TPSA) is 261 Å². The number of nitrogen functional groups attached to an aromatic ring is 1. The van der Waals surface area contributed by atoms with Crippen LogP contribution in [0.5, 0.6) is 5.75 Å². The number of fused-ring (bicyclic) bond motifs is 1. The number of β-lactam (4-membered cyclic amide) rings is 1. The third-order valence-electron chi connectivity index (χ3n) is 7.43. The van der Waals surface area contributed by atoms with Gasteiger partial charge in [0.15, 0.2) is 16.4 Å². The van der Waals surface area contributed by atoms with Crippen molar-refractivity contribution >= 4 is 61.3 Å². The molecule has 2 amide bonds. The molecular formula is C25H31N8O11S2+. The minimum absolute atomic E-state index is 0.0533. The first-order valence-corrected chi connectivity index (χ1v) is 15.8. The fraction of sp³-hybridized carbons (Fsp3) is 0.440. The number of hydroxylamine groups is 2. The second-order valence-electron chi connectivity index (χ2n) is 11.2. The highest BCUT2D eigenvalue weighted by Crippen LogP contribution is 2.33. The van der Waals surface area contributed by atoms with Crippen LogP contribution in [0.2, 0.25) is 0 Å². The van der Waals surface area contributed by atoms with Gasteiger partial charge in [0, 0.05) is 18.5 Å². The minimum atomic E-state index is -5.02. The van der Waals surface area contributed by atoms with E-state index in [4.69, 9.17) is 19.9 Å². The third kappa shape index (κ3) is 6.73. The molecule has 21 heteroatoms. The fourth-order valence-electron chi connectivity index (χ4n) is 4.84. The summed E-state index contributed by atoms with van der Waals surface area (Å²) in [5.41, 5.74) is 3.64. The molecule has 2 aromatic heterocycles. The first kappa shape index (κ1) is 33.0. The van der Waals surface area contributed by atoms with Crippen molar-refractivity contribution in [3.05, 3.63) is 35.5 Å². The average Bonchev–Trinajstić information content (AvgIpc) is 3.52. The maximum Gasteiger partial charge on any atom is 0.418 e. The highest BCUT2D eigenvalue weighted by molar-refractivity contribution is 7.80. The molecule has 248 valence electrons. The van der Waals surface area contributed by atoms with Crippen LogP contribution < -0.4 is 25.8 Å². The van der Waals surface area contributed by atoms with Crippen molar-refractivity contribution in [2.45, 2.75) is 43.7 Å². The summed E-state index contributed by atoms with van der Waals surface area (Å²) in [5.74, 6) is -3.17. The number of aliphatic carboxylic acids is 1. The molecule has 0 bridgehead atoms. The van der Waals surface area contributed by atoms with Crippen molar-refractivity contribution in [1.82, 2.24) is 25.4 Å². The Hall–Kier alpha value is -4.41. The molecule has 0 saturated carbocycles. The smallest absolute Gasteiger partial charge is 0.418 e. The molecule has 0 radical (unpaired) electrons. The van der Waals surface area contributed by atoms with Gasteiger partial charge in [0.05, 0.1) is 18.0 Å². The number of aryl methyl sites for hydroxylation is 1. The number of hydrogen-bond acceptors (Lipinski definition) is 14. The number of thiazole rings is 1. The van der Waals surface area contributed by atoms with Crippen LogP contribution in [0.3, 0.4) is 0 Å². The number of nitrogens with one attached hydrogen (secondary N) is 2. The molecule has 4 heterocycles. The Morgan fingerprint density at radius 2 is 2.07 bits per heavy atom. The van der Waals surface area contributed by atoms with E-state index in [1.165, 1.54) is 19.2 Å². The molecule has 2 aliphatic heterocycles. The number of anilines is 1. The van der Waals surface area contributed by atoms with Gasteiger partial charge in [-0.3, -0.25) is 14.1 Å². The highest BCUT2D eigenvalue weighted by atomic mass is 32.3. The van der Waals surface area contributed by atoms with Crippen LogP contribution in [-0.4, -0.2) is 104 Å². The number of aliphatic hydroxyl groups is 1. The fourth-order valence-corrected chi connectivity index (χ4v) is 5.84. The molecule has 5 rings (SSSR count). The Morgan fingerprint density at radius 3 is 2.63 bits per heavy atom. The standard InChI is InChI=1S/C25H30N8O11S2/c1-24(2)19(21(35)33(24)44-46(39,40)41)29-20(34)18(15-9-45-23(26)28-15)30-43-17(22(36)37)8-42-14-4-5-16-13(6-14)7-32(31(16)3)12-25(38)10-27-11-25/h4-7,9,17,19,27,38H,8,10-12H2,1-3H3,(H4-,26,28,29,34,36,37,39,40,41)/p+1/b30-18-/t17-,19?/m0/s1. The van der Waals surface area contributed by atoms with Crippen LogP contribution >= 0.6 is 11.3 Å².